The molecule has 31 heavy (non-hydrogen) atoms. The van der Waals surface area contributed by atoms with Crippen molar-refractivity contribution in [3.8, 4) is 17.2 Å². The summed E-state index contributed by atoms with van der Waals surface area (Å²) in [4.78, 5) is 23.8. The van der Waals surface area contributed by atoms with Crippen molar-refractivity contribution in [1.29, 1.82) is 0 Å². The van der Waals surface area contributed by atoms with E-state index in [0.717, 1.165) is 11.1 Å². The molecule has 0 saturated carbocycles. The molecule has 0 aromatic heterocycles. The molecule has 2 aromatic carbocycles. The molecule has 8 heteroatoms. The summed E-state index contributed by atoms with van der Waals surface area (Å²) in [5.41, 5.74) is 2.34. The average Bonchev–Trinajstić information content (AvgIpc) is 3.23. The molecule has 0 spiro atoms. The van der Waals surface area contributed by atoms with Crippen LogP contribution in [0.2, 0.25) is 0 Å². The van der Waals surface area contributed by atoms with Gasteiger partial charge in [-0.15, -0.1) is 0 Å². The third kappa shape index (κ3) is 5.14. The SMILES string of the molecule is COc1cc(OC)cc(C2=NN(C(=O)CCCC(=O)O)[C@H](c3ccccc3OC)C2)c1. The van der Waals surface area contributed by atoms with Crippen LogP contribution in [0.4, 0.5) is 0 Å². The van der Waals surface area contributed by atoms with Crippen molar-refractivity contribution in [2.75, 3.05) is 21.3 Å². The van der Waals surface area contributed by atoms with Crippen LogP contribution in [0.1, 0.15) is 42.9 Å². The Kier molecular flexibility index (Phi) is 7.12. The van der Waals surface area contributed by atoms with Crippen LogP contribution in [0.3, 0.4) is 0 Å². The predicted octanol–water partition coefficient (Wildman–Crippen LogP) is 3.65. The molecular formula is C23H26N2O6. The van der Waals surface area contributed by atoms with E-state index in [2.05, 4.69) is 5.10 Å². The van der Waals surface area contributed by atoms with Gasteiger partial charge in [-0.1, -0.05) is 18.2 Å². The Morgan fingerprint density at radius 1 is 1.03 bits per heavy atom. The number of ether oxygens (including phenoxy) is 3. The summed E-state index contributed by atoms with van der Waals surface area (Å²) in [6, 6.07) is 12.6. The van der Waals surface area contributed by atoms with Crippen LogP contribution < -0.4 is 14.2 Å². The van der Waals surface area contributed by atoms with Gasteiger partial charge < -0.3 is 19.3 Å². The normalized spacial score (nSPS) is 15.4. The molecule has 1 heterocycles. The van der Waals surface area contributed by atoms with Crippen molar-refractivity contribution < 1.29 is 28.9 Å². The lowest BCUT2D eigenvalue weighted by Gasteiger charge is -2.23. The number of para-hydroxylation sites is 1. The number of carbonyl (C=O) groups excluding carboxylic acids is 1. The molecule has 3 rings (SSSR count). The molecule has 0 saturated heterocycles. The van der Waals surface area contributed by atoms with Crippen molar-refractivity contribution in [1.82, 2.24) is 5.01 Å². The van der Waals surface area contributed by atoms with Gasteiger partial charge in [-0.3, -0.25) is 9.59 Å². The van der Waals surface area contributed by atoms with Gasteiger partial charge >= 0.3 is 5.97 Å². The van der Waals surface area contributed by atoms with Crippen molar-refractivity contribution in [3.63, 3.8) is 0 Å². The first kappa shape index (κ1) is 22.1. The van der Waals surface area contributed by atoms with E-state index in [1.807, 2.05) is 36.4 Å². The maximum Gasteiger partial charge on any atom is 0.303 e. The number of carboxylic acids is 1. The zero-order chi connectivity index (χ0) is 22.4. The molecule has 0 radical (unpaired) electrons. The molecule has 2 aromatic rings. The van der Waals surface area contributed by atoms with E-state index in [4.69, 9.17) is 19.3 Å². The van der Waals surface area contributed by atoms with E-state index >= 15 is 0 Å². The quantitative estimate of drug-likeness (QED) is 0.657. The fourth-order valence-electron chi connectivity index (χ4n) is 3.58. The Morgan fingerprint density at radius 3 is 2.32 bits per heavy atom. The van der Waals surface area contributed by atoms with Gasteiger partial charge in [-0.25, -0.2) is 5.01 Å². The summed E-state index contributed by atoms with van der Waals surface area (Å²) in [6.45, 7) is 0. The number of amides is 1. The predicted molar refractivity (Wildman–Crippen MR) is 115 cm³/mol. The fourth-order valence-corrected chi connectivity index (χ4v) is 3.58. The van der Waals surface area contributed by atoms with Crippen molar-refractivity contribution in [2.45, 2.75) is 31.7 Å². The van der Waals surface area contributed by atoms with Crippen molar-refractivity contribution in [3.05, 3.63) is 53.6 Å². The standard InChI is InChI=1S/C23H26N2O6/c1-29-16-11-15(12-17(13-16)30-2)19-14-20(18-7-4-5-8-21(18)31-3)25(24-19)22(26)9-6-10-23(27)28/h4-5,7-8,11-13,20H,6,9-10,14H2,1-3H3,(H,27,28)/t20-/m0/s1. The van der Waals surface area contributed by atoms with Crippen LogP contribution in [-0.2, 0) is 9.59 Å². The first-order chi connectivity index (χ1) is 15.0. The summed E-state index contributed by atoms with van der Waals surface area (Å²) >= 11 is 0. The molecule has 8 nitrogen and oxygen atoms in total. The van der Waals surface area contributed by atoms with Gasteiger partial charge in [0.25, 0.3) is 0 Å². The summed E-state index contributed by atoms with van der Waals surface area (Å²) in [5, 5.41) is 15.0. The van der Waals surface area contributed by atoms with E-state index in [1.165, 1.54) is 5.01 Å². The molecule has 0 unspecified atom stereocenters. The minimum atomic E-state index is -0.928. The average molecular weight is 426 g/mol. The van der Waals surface area contributed by atoms with Gasteiger partial charge in [-0.05, 0) is 24.6 Å². The summed E-state index contributed by atoms with van der Waals surface area (Å²) in [7, 11) is 4.73. The second kappa shape index (κ2) is 9.97. The Balaban J connectivity index is 1.96. The second-order valence-corrected chi connectivity index (χ2v) is 7.10. The molecule has 1 atom stereocenters. The minimum Gasteiger partial charge on any atom is -0.497 e. The zero-order valence-electron chi connectivity index (χ0n) is 17.8. The van der Waals surface area contributed by atoms with E-state index in [0.29, 0.717) is 29.4 Å². The third-order valence-electron chi connectivity index (χ3n) is 5.13. The van der Waals surface area contributed by atoms with Crippen molar-refractivity contribution >= 4 is 17.6 Å². The molecule has 0 fully saturated rings. The minimum absolute atomic E-state index is 0.0669. The van der Waals surface area contributed by atoms with Crippen LogP contribution in [0, 0.1) is 0 Å². The summed E-state index contributed by atoms with van der Waals surface area (Å²) < 4.78 is 16.2. The number of carboxylic acid groups (broad SMARTS) is 1. The Morgan fingerprint density at radius 2 is 1.71 bits per heavy atom. The highest BCUT2D eigenvalue weighted by Crippen LogP contribution is 2.38. The van der Waals surface area contributed by atoms with Gasteiger partial charge in [0.05, 0.1) is 33.1 Å². The zero-order valence-corrected chi connectivity index (χ0v) is 17.8. The van der Waals surface area contributed by atoms with Crippen LogP contribution >= 0.6 is 0 Å². The van der Waals surface area contributed by atoms with E-state index < -0.39 is 5.97 Å². The Hall–Kier alpha value is -3.55. The van der Waals surface area contributed by atoms with E-state index in [9.17, 15) is 9.59 Å². The highest BCUT2D eigenvalue weighted by Gasteiger charge is 2.34. The number of rotatable bonds is 9. The third-order valence-corrected chi connectivity index (χ3v) is 5.13. The highest BCUT2D eigenvalue weighted by molar-refractivity contribution is 6.03. The summed E-state index contributed by atoms with van der Waals surface area (Å²) in [5.74, 6) is 0.745. The van der Waals surface area contributed by atoms with Crippen molar-refractivity contribution in [2.24, 2.45) is 5.10 Å². The monoisotopic (exact) mass is 426 g/mol. The lowest BCUT2D eigenvalue weighted by molar-refractivity contribution is -0.137. The highest BCUT2D eigenvalue weighted by atomic mass is 16.5. The molecule has 0 aliphatic carbocycles. The lowest BCUT2D eigenvalue weighted by atomic mass is 9.97. The van der Waals surface area contributed by atoms with E-state index in [-0.39, 0.29) is 31.2 Å². The lowest BCUT2D eigenvalue weighted by Crippen LogP contribution is -2.27. The fraction of sp³-hybridized carbons (Fsp3) is 0.348. The number of hydrogen-bond acceptors (Lipinski definition) is 6. The molecule has 0 bridgehead atoms. The maximum atomic E-state index is 13.0. The van der Waals surface area contributed by atoms with Gasteiger partial charge in [0.1, 0.15) is 17.2 Å². The molecular weight excluding hydrogens is 400 g/mol. The first-order valence-electron chi connectivity index (χ1n) is 9.94. The molecule has 1 N–H and O–H groups in total. The second-order valence-electron chi connectivity index (χ2n) is 7.10. The van der Waals surface area contributed by atoms with E-state index in [1.54, 1.807) is 27.4 Å². The molecule has 1 aliphatic heterocycles. The van der Waals surface area contributed by atoms with Crippen LogP contribution in [0.25, 0.3) is 0 Å². The largest absolute Gasteiger partial charge is 0.497 e. The van der Waals surface area contributed by atoms with Gasteiger partial charge in [-0.2, -0.15) is 5.10 Å². The topological polar surface area (TPSA) is 97.7 Å². The first-order valence-corrected chi connectivity index (χ1v) is 9.94. The molecule has 1 amide bonds. The molecule has 1 aliphatic rings. The number of aliphatic carboxylic acids is 1. The number of benzene rings is 2. The Bertz CT molecular complexity index is 966. The van der Waals surface area contributed by atoms with Gasteiger partial charge in [0.15, 0.2) is 0 Å². The number of methoxy groups -OCH3 is 3. The Labute approximate surface area is 181 Å². The van der Waals surface area contributed by atoms with Crippen LogP contribution in [-0.4, -0.2) is 49.0 Å². The van der Waals surface area contributed by atoms with Gasteiger partial charge in [0.2, 0.25) is 5.91 Å². The smallest absolute Gasteiger partial charge is 0.303 e. The number of nitrogens with zero attached hydrogens (tertiary/aromatic N) is 2. The number of hydrazone groups is 1. The number of carbonyl (C=O) groups is 2. The van der Waals surface area contributed by atoms with Gasteiger partial charge in [0, 0.05) is 36.5 Å². The van der Waals surface area contributed by atoms with Crippen LogP contribution in [0.15, 0.2) is 47.6 Å². The maximum absolute atomic E-state index is 13.0. The number of hydrogen-bond donors (Lipinski definition) is 1. The molecule has 164 valence electrons. The summed E-state index contributed by atoms with van der Waals surface area (Å²) in [6.07, 6.45) is 0.751. The van der Waals surface area contributed by atoms with Crippen LogP contribution in [0.5, 0.6) is 17.2 Å².